The Kier molecular flexibility index (Phi) is 6.45. The fraction of sp³-hybridized carbons (Fsp3) is 0.524. The van der Waals surface area contributed by atoms with Crippen LogP contribution < -0.4 is 10.2 Å². The van der Waals surface area contributed by atoms with Crippen molar-refractivity contribution in [2.24, 2.45) is 5.92 Å². The average Bonchev–Trinajstić information content (AvgIpc) is 2.62. The molecule has 3 rings (SSSR count). The smallest absolute Gasteiger partial charge is 0.227 e. The standard InChI is InChI=1S/C21H31N5/c1-17(2)9-10-22-20-15-18(3)23-21(24-20)26-13-11-25(12-14-26)16-19-7-5-4-6-8-19/h4-8,15,17H,9-14,16H2,1-3H3,(H,22,23,24). The van der Waals surface area contributed by atoms with Gasteiger partial charge in [-0.05, 0) is 24.8 Å². The van der Waals surface area contributed by atoms with E-state index < -0.39 is 0 Å². The van der Waals surface area contributed by atoms with E-state index in [0.717, 1.165) is 63.1 Å². The summed E-state index contributed by atoms with van der Waals surface area (Å²) in [5.74, 6) is 2.50. The van der Waals surface area contributed by atoms with Crippen molar-refractivity contribution < 1.29 is 0 Å². The van der Waals surface area contributed by atoms with Crippen LogP contribution in [0.4, 0.5) is 11.8 Å². The Morgan fingerprint density at radius 2 is 1.77 bits per heavy atom. The van der Waals surface area contributed by atoms with Crippen LogP contribution in [-0.2, 0) is 6.54 Å². The van der Waals surface area contributed by atoms with Gasteiger partial charge in [0.25, 0.3) is 0 Å². The molecule has 1 saturated heterocycles. The van der Waals surface area contributed by atoms with Crippen LogP contribution in [0.1, 0.15) is 31.5 Å². The van der Waals surface area contributed by atoms with Crippen LogP contribution in [0.25, 0.3) is 0 Å². The topological polar surface area (TPSA) is 44.3 Å². The molecule has 5 nitrogen and oxygen atoms in total. The first kappa shape index (κ1) is 18.6. The van der Waals surface area contributed by atoms with Gasteiger partial charge in [0.05, 0.1) is 0 Å². The van der Waals surface area contributed by atoms with Gasteiger partial charge in [0.2, 0.25) is 5.95 Å². The van der Waals surface area contributed by atoms with E-state index in [-0.39, 0.29) is 0 Å². The molecule has 1 N–H and O–H groups in total. The summed E-state index contributed by atoms with van der Waals surface area (Å²) in [6.45, 7) is 12.5. The molecule has 0 amide bonds. The molecule has 0 bridgehead atoms. The molecule has 5 heteroatoms. The largest absolute Gasteiger partial charge is 0.370 e. The molecule has 140 valence electrons. The van der Waals surface area contributed by atoms with Gasteiger partial charge in [-0.2, -0.15) is 4.98 Å². The van der Waals surface area contributed by atoms with Gasteiger partial charge in [-0.3, -0.25) is 4.90 Å². The number of nitrogens with one attached hydrogen (secondary N) is 1. The molecular weight excluding hydrogens is 322 g/mol. The number of aryl methyl sites for hydroxylation is 1. The van der Waals surface area contributed by atoms with Gasteiger partial charge in [0.15, 0.2) is 0 Å². The maximum absolute atomic E-state index is 4.75. The van der Waals surface area contributed by atoms with E-state index in [4.69, 9.17) is 4.98 Å². The Morgan fingerprint density at radius 3 is 2.46 bits per heavy atom. The zero-order valence-corrected chi connectivity index (χ0v) is 16.3. The second-order valence-electron chi connectivity index (χ2n) is 7.55. The fourth-order valence-electron chi connectivity index (χ4n) is 3.22. The number of aromatic nitrogens is 2. The number of nitrogens with zero attached hydrogens (tertiary/aromatic N) is 4. The minimum Gasteiger partial charge on any atom is -0.370 e. The zero-order valence-electron chi connectivity index (χ0n) is 16.3. The van der Waals surface area contributed by atoms with Gasteiger partial charge in [0.1, 0.15) is 5.82 Å². The number of benzene rings is 1. The third-order valence-electron chi connectivity index (χ3n) is 4.77. The average molecular weight is 354 g/mol. The minimum atomic E-state index is 0.697. The second kappa shape index (κ2) is 8.99. The molecule has 1 aliphatic heterocycles. The normalized spacial score (nSPS) is 15.5. The van der Waals surface area contributed by atoms with E-state index in [2.05, 4.69) is 64.3 Å². The highest BCUT2D eigenvalue weighted by Crippen LogP contribution is 2.17. The fourth-order valence-corrected chi connectivity index (χ4v) is 3.22. The third-order valence-corrected chi connectivity index (χ3v) is 4.77. The van der Waals surface area contributed by atoms with Gasteiger partial charge in [-0.1, -0.05) is 44.2 Å². The molecule has 2 aromatic rings. The van der Waals surface area contributed by atoms with Crippen LogP contribution in [0.2, 0.25) is 0 Å². The molecule has 1 aromatic heterocycles. The van der Waals surface area contributed by atoms with Crippen molar-refractivity contribution in [3.05, 3.63) is 47.7 Å². The summed E-state index contributed by atoms with van der Waals surface area (Å²) in [5.41, 5.74) is 2.40. The molecule has 0 aliphatic carbocycles. The Bertz CT molecular complexity index is 678. The summed E-state index contributed by atoms with van der Waals surface area (Å²) >= 11 is 0. The van der Waals surface area contributed by atoms with Crippen molar-refractivity contribution in [3.8, 4) is 0 Å². The second-order valence-corrected chi connectivity index (χ2v) is 7.55. The highest BCUT2D eigenvalue weighted by atomic mass is 15.3. The van der Waals surface area contributed by atoms with Crippen molar-refractivity contribution in [2.45, 2.75) is 33.7 Å². The maximum atomic E-state index is 4.75. The number of hydrogen-bond donors (Lipinski definition) is 1. The van der Waals surface area contributed by atoms with E-state index in [1.165, 1.54) is 5.56 Å². The summed E-state index contributed by atoms with van der Waals surface area (Å²) in [7, 11) is 0. The first-order valence-corrected chi connectivity index (χ1v) is 9.71. The van der Waals surface area contributed by atoms with Crippen LogP contribution in [0.5, 0.6) is 0 Å². The lowest BCUT2D eigenvalue weighted by atomic mass is 10.1. The van der Waals surface area contributed by atoms with Gasteiger partial charge in [-0.25, -0.2) is 4.98 Å². The molecule has 0 atom stereocenters. The van der Waals surface area contributed by atoms with Gasteiger partial charge >= 0.3 is 0 Å². The van der Waals surface area contributed by atoms with Crippen LogP contribution in [0, 0.1) is 12.8 Å². The minimum absolute atomic E-state index is 0.697. The number of anilines is 2. The van der Waals surface area contributed by atoms with Gasteiger partial charge in [0, 0.05) is 51.0 Å². The molecule has 26 heavy (non-hydrogen) atoms. The molecule has 2 heterocycles. The summed E-state index contributed by atoms with van der Waals surface area (Å²) in [4.78, 5) is 14.2. The Balaban J connectivity index is 1.56. The van der Waals surface area contributed by atoms with Crippen LogP contribution in [-0.4, -0.2) is 47.6 Å². The molecular formula is C21H31N5. The third kappa shape index (κ3) is 5.43. The number of piperazine rings is 1. The van der Waals surface area contributed by atoms with Crippen molar-refractivity contribution in [1.82, 2.24) is 14.9 Å². The summed E-state index contributed by atoms with van der Waals surface area (Å²) in [6, 6.07) is 12.7. The maximum Gasteiger partial charge on any atom is 0.227 e. The van der Waals surface area contributed by atoms with Crippen molar-refractivity contribution in [3.63, 3.8) is 0 Å². The SMILES string of the molecule is Cc1cc(NCCC(C)C)nc(N2CCN(Cc3ccccc3)CC2)n1. The lowest BCUT2D eigenvalue weighted by Crippen LogP contribution is -2.46. The van der Waals surface area contributed by atoms with E-state index in [1.54, 1.807) is 0 Å². The molecule has 1 fully saturated rings. The van der Waals surface area contributed by atoms with Gasteiger partial charge in [-0.15, -0.1) is 0 Å². The summed E-state index contributed by atoms with van der Waals surface area (Å²) in [6.07, 6.45) is 1.15. The van der Waals surface area contributed by atoms with E-state index >= 15 is 0 Å². The first-order chi connectivity index (χ1) is 12.6. The first-order valence-electron chi connectivity index (χ1n) is 9.71. The Hall–Kier alpha value is -2.14. The molecule has 0 spiro atoms. The van der Waals surface area contributed by atoms with Crippen LogP contribution in [0.3, 0.4) is 0 Å². The number of hydrogen-bond acceptors (Lipinski definition) is 5. The van der Waals surface area contributed by atoms with Crippen molar-refractivity contribution in [1.29, 1.82) is 0 Å². The predicted octanol–water partition coefficient (Wildman–Crippen LogP) is 3.57. The van der Waals surface area contributed by atoms with E-state index in [1.807, 2.05) is 13.0 Å². The summed E-state index contributed by atoms with van der Waals surface area (Å²) in [5, 5.41) is 3.45. The highest BCUT2D eigenvalue weighted by molar-refractivity contribution is 5.44. The lowest BCUT2D eigenvalue weighted by Gasteiger charge is -2.35. The lowest BCUT2D eigenvalue weighted by molar-refractivity contribution is 0.248. The van der Waals surface area contributed by atoms with Crippen molar-refractivity contribution >= 4 is 11.8 Å². The predicted molar refractivity (Wildman–Crippen MR) is 109 cm³/mol. The molecule has 1 aliphatic rings. The molecule has 1 aromatic carbocycles. The highest BCUT2D eigenvalue weighted by Gasteiger charge is 2.19. The Morgan fingerprint density at radius 1 is 1.04 bits per heavy atom. The quantitative estimate of drug-likeness (QED) is 0.824. The van der Waals surface area contributed by atoms with Crippen molar-refractivity contribution in [2.75, 3.05) is 42.9 Å². The summed E-state index contributed by atoms with van der Waals surface area (Å²) < 4.78 is 0. The van der Waals surface area contributed by atoms with Crippen LogP contribution in [0.15, 0.2) is 36.4 Å². The molecule has 0 radical (unpaired) electrons. The molecule has 0 saturated carbocycles. The zero-order chi connectivity index (χ0) is 18.4. The van der Waals surface area contributed by atoms with E-state index in [0.29, 0.717) is 5.92 Å². The number of rotatable bonds is 7. The molecule has 0 unspecified atom stereocenters. The van der Waals surface area contributed by atoms with Gasteiger partial charge < -0.3 is 10.2 Å². The van der Waals surface area contributed by atoms with E-state index in [9.17, 15) is 0 Å². The Labute approximate surface area is 157 Å². The van der Waals surface area contributed by atoms with Crippen LogP contribution >= 0.6 is 0 Å². The monoisotopic (exact) mass is 353 g/mol.